The van der Waals surface area contributed by atoms with E-state index in [4.69, 9.17) is 0 Å². The van der Waals surface area contributed by atoms with Crippen molar-refractivity contribution in [2.45, 2.75) is 17.4 Å². The molecule has 0 fully saturated rings. The van der Waals surface area contributed by atoms with Crippen molar-refractivity contribution in [2.75, 3.05) is 18.0 Å². The fourth-order valence-electron chi connectivity index (χ4n) is 3.40. The Morgan fingerprint density at radius 2 is 1.77 bits per heavy atom. The van der Waals surface area contributed by atoms with Gasteiger partial charge in [0.25, 0.3) is 0 Å². The molecule has 0 radical (unpaired) electrons. The third-order valence-electron chi connectivity index (χ3n) is 4.69. The number of hydrogen-bond acceptors (Lipinski definition) is 4. The van der Waals surface area contributed by atoms with Gasteiger partial charge in [-0.05, 0) is 41.6 Å². The molecule has 0 bridgehead atoms. The highest BCUT2D eigenvalue weighted by molar-refractivity contribution is 7.89. The summed E-state index contributed by atoms with van der Waals surface area (Å²) in [4.78, 5) is 3.78. The summed E-state index contributed by atoms with van der Waals surface area (Å²) < 4.78 is 28.1. The molecule has 1 N–H and O–H groups in total. The summed E-state index contributed by atoms with van der Waals surface area (Å²) in [6.45, 7) is 1.24. The molecule has 4 rings (SSSR count). The molecule has 0 saturated carbocycles. The zero-order valence-corrected chi connectivity index (χ0v) is 15.8. The quantitative estimate of drug-likeness (QED) is 0.703. The van der Waals surface area contributed by atoms with Crippen molar-refractivity contribution < 1.29 is 8.42 Å². The number of benzene rings is 2. The fourth-order valence-corrected chi connectivity index (χ4v) is 5.30. The molecular formula is C20H20N2O2S2. The summed E-state index contributed by atoms with van der Waals surface area (Å²) in [5.41, 5.74) is 2.52. The van der Waals surface area contributed by atoms with Crippen molar-refractivity contribution in [3.8, 4) is 0 Å². The molecule has 1 aliphatic rings. The van der Waals surface area contributed by atoms with Crippen LogP contribution in [0.25, 0.3) is 0 Å². The lowest BCUT2D eigenvalue weighted by molar-refractivity contribution is 0.565. The third-order valence-corrected chi connectivity index (χ3v) is 7.10. The van der Waals surface area contributed by atoms with E-state index in [2.05, 4.69) is 33.9 Å². The van der Waals surface area contributed by atoms with E-state index in [-0.39, 0.29) is 6.04 Å². The minimum absolute atomic E-state index is 0.0165. The molecule has 1 atom stereocenters. The Balaban J connectivity index is 1.60. The first-order valence-electron chi connectivity index (χ1n) is 8.58. The molecule has 0 unspecified atom stereocenters. The maximum absolute atomic E-state index is 12.6. The Hall–Kier alpha value is -2.15. The minimum Gasteiger partial charge on any atom is -0.362 e. The van der Waals surface area contributed by atoms with Crippen LogP contribution in [-0.4, -0.2) is 21.5 Å². The van der Waals surface area contributed by atoms with Crippen LogP contribution in [0.4, 0.5) is 5.69 Å². The Bertz CT molecular complexity index is 970. The Labute approximate surface area is 158 Å². The van der Waals surface area contributed by atoms with Crippen LogP contribution in [0.15, 0.2) is 77.0 Å². The van der Waals surface area contributed by atoms with E-state index in [0.29, 0.717) is 11.4 Å². The predicted molar refractivity (Wildman–Crippen MR) is 106 cm³/mol. The molecule has 0 aliphatic carbocycles. The van der Waals surface area contributed by atoms with Crippen molar-refractivity contribution in [3.05, 3.63) is 82.6 Å². The molecule has 0 amide bonds. The number of nitrogens with one attached hydrogen (secondary N) is 1. The second kappa shape index (κ2) is 7.23. The van der Waals surface area contributed by atoms with Gasteiger partial charge < -0.3 is 4.90 Å². The third kappa shape index (κ3) is 3.40. The molecule has 134 valence electrons. The molecule has 2 aromatic carbocycles. The topological polar surface area (TPSA) is 49.4 Å². The van der Waals surface area contributed by atoms with Gasteiger partial charge in [-0.2, -0.15) is 0 Å². The number of sulfonamides is 1. The standard InChI is InChI=1S/C20H20N2O2S2/c23-26(24,17-8-2-1-3-9-17)21-15-19(20-11-6-14-25-20)22-13-12-16-7-4-5-10-18(16)22/h1-11,14,19,21H,12-13,15H2/t19-/m0/s1. The van der Waals surface area contributed by atoms with Crippen molar-refractivity contribution in [3.63, 3.8) is 0 Å². The van der Waals surface area contributed by atoms with Crippen LogP contribution in [0, 0.1) is 0 Å². The summed E-state index contributed by atoms with van der Waals surface area (Å²) in [5.74, 6) is 0. The number of rotatable bonds is 6. The zero-order valence-electron chi connectivity index (χ0n) is 14.2. The van der Waals surface area contributed by atoms with E-state index in [1.54, 1.807) is 35.6 Å². The maximum Gasteiger partial charge on any atom is 0.240 e. The number of nitrogens with zero attached hydrogens (tertiary/aromatic N) is 1. The smallest absolute Gasteiger partial charge is 0.240 e. The van der Waals surface area contributed by atoms with Crippen molar-refractivity contribution in [1.29, 1.82) is 0 Å². The van der Waals surface area contributed by atoms with Gasteiger partial charge >= 0.3 is 0 Å². The van der Waals surface area contributed by atoms with Gasteiger partial charge in [-0.25, -0.2) is 13.1 Å². The average Bonchev–Trinajstić information content (AvgIpc) is 3.33. The molecule has 3 aromatic rings. The molecule has 4 nitrogen and oxygen atoms in total. The highest BCUT2D eigenvalue weighted by Gasteiger charge is 2.29. The van der Waals surface area contributed by atoms with Crippen LogP contribution in [0.3, 0.4) is 0 Å². The predicted octanol–water partition coefficient (Wildman–Crippen LogP) is 3.83. The average molecular weight is 385 g/mol. The van der Waals surface area contributed by atoms with Gasteiger partial charge in [0, 0.05) is 23.7 Å². The summed E-state index contributed by atoms with van der Waals surface area (Å²) in [7, 11) is -3.53. The molecule has 26 heavy (non-hydrogen) atoms. The fraction of sp³-hybridized carbons (Fsp3) is 0.200. The number of fused-ring (bicyclic) bond motifs is 1. The van der Waals surface area contributed by atoms with Gasteiger partial charge in [0.2, 0.25) is 10.0 Å². The molecule has 0 saturated heterocycles. The summed E-state index contributed by atoms with van der Waals surface area (Å²) in [6, 6.07) is 21.0. The molecule has 1 aliphatic heterocycles. The second-order valence-corrected chi connectivity index (χ2v) is 9.01. The maximum atomic E-state index is 12.6. The lowest BCUT2D eigenvalue weighted by atomic mass is 10.1. The summed E-state index contributed by atoms with van der Waals surface area (Å²) >= 11 is 1.66. The van der Waals surface area contributed by atoms with E-state index in [1.165, 1.54) is 11.3 Å². The molecule has 1 aromatic heterocycles. The van der Waals surface area contributed by atoms with Crippen LogP contribution in [0.2, 0.25) is 0 Å². The normalized spacial score (nSPS) is 15.0. The van der Waals surface area contributed by atoms with Gasteiger partial charge in [-0.3, -0.25) is 0 Å². The highest BCUT2D eigenvalue weighted by atomic mass is 32.2. The van der Waals surface area contributed by atoms with Gasteiger partial charge in [0.1, 0.15) is 0 Å². The number of anilines is 1. The number of hydrogen-bond donors (Lipinski definition) is 1. The van der Waals surface area contributed by atoms with E-state index >= 15 is 0 Å². The monoisotopic (exact) mass is 384 g/mol. The molecule has 2 heterocycles. The minimum atomic E-state index is -3.53. The molecule has 0 spiro atoms. The Morgan fingerprint density at radius 3 is 2.54 bits per heavy atom. The molecule has 6 heteroatoms. The lowest BCUT2D eigenvalue weighted by Crippen LogP contribution is -2.37. The first-order chi connectivity index (χ1) is 12.6. The SMILES string of the molecule is O=S(=O)(NC[C@@H](c1cccs1)N1CCc2ccccc21)c1ccccc1. The van der Waals surface area contributed by atoms with E-state index in [9.17, 15) is 8.42 Å². The number of para-hydroxylation sites is 1. The highest BCUT2D eigenvalue weighted by Crippen LogP contribution is 2.36. The van der Waals surface area contributed by atoms with Crippen LogP contribution < -0.4 is 9.62 Å². The summed E-state index contributed by atoms with van der Waals surface area (Å²) in [5, 5.41) is 2.04. The largest absolute Gasteiger partial charge is 0.362 e. The van der Waals surface area contributed by atoms with Crippen molar-refractivity contribution in [2.24, 2.45) is 0 Å². The van der Waals surface area contributed by atoms with Gasteiger partial charge in [-0.15, -0.1) is 11.3 Å². The lowest BCUT2D eigenvalue weighted by Gasteiger charge is -2.30. The van der Waals surface area contributed by atoms with Gasteiger partial charge in [0.15, 0.2) is 0 Å². The first kappa shape index (κ1) is 17.3. The second-order valence-electron chi connectivity index (χ2n) is 6.27. The zero-order chi connectivity index (χ0) is 18.0. The van der Waals surface area contributed by atoms with Crippen molar-refractivity contribution in [1.82, 2.24) is 4.72 Å². The van der Waals surface area contributed by atoms with E-state index < -0.39 is 10.0 Å². The summed E-state index contributed by atoms with van der Waals surface area (Å²) in [6.07, 6.45) is 0.990. The van der Waals surface area contributed by atoms with Gasteiger partial charge in [-0.1, -0.05) is 42.5 Å². The Morgan fingerprint density at radius 1 is 1.00 bits per heavy atom. The number of thiophene rings is 1. The van der Waals surface area contributed by atoms with Crippen molar-refractivity contribution >= 4 is 27.0 Å². The van der Waals surface area contributed by atoms with E-state index in [0.717, 1.165) is 17.8 Å². The van der Waals surface area contributed by atoms with Crippen LogP contribution in [0.1, 0.15) is 16.5 Å². The van der Waals surface area contributed by atoms with Crippen LogP contribution >= 0.6 is 11.3 Å². The molecular weight excluding hydrogens is 364 g/mol. The van der Waals surface area contributed by atoms with Crippen LogP contribution in [0.5, 0.6) is 0 Å². The van der Waals surface area contributed by atoms with Gasteiger partial charge in [0.05, 0.1) is 10.9 Å². The van der Waals surface area contributed by atoms with Crippen LogP contribution in [-0.2, 0) is 16.4 Å². The first-order valence-corrected chi connectivity index (χ1v) is 10.9. The Kier molecular flexibility index (Phi) is 4.80. The van der Waals surface area contributed by atoms with E-state index in [1.807, 2.05) is 23.6 Å².